The van der Waals surface area contributed by atoms with Gasteiger partial charge in [0.2, 0.25) is 0 Å². The fraction of sp³-hybridized carbons (Fsp3) is 0.913. The van der Waals surface area contributed by atoms with Crippen LogP contribution in [0.1, 0.15) is 65.2 Å². The van der Waals surface area contributed by atoms with Gasteiger partial charge in [0, 0.05) is 0 Å². The number of alkyl halides is 4. The SMILES string of the molecule is CC(CCCC(O[Si](C)(C)C)(C(F)F)C(F)F)[C@H]1CC[C@H]2C(=CCO)CCC[C@]12C. The van der Waals surface area contributed by atoms with Crippen LogP contribution in [0.2, 0.25) is 19.6 Å². The van der Waals surface area contributed by atoms with Gasteiger partial charge in [0.05, 0.1) is 6.61 Å². The minimum atomic E-state index is -3.20. The molecule has 2 saturated carbocycles. The zero-order valence-corrected chi connectivity index (χ0v) is 20.2. The van der Waals surface area contributed by atoms with Crippen molar-refractivity contribution in [2.75, 3.05) is 6.61 Å². The Morgan fingerprint density at radius 2 is 1.83 bits per heavy atom. The smallest absolute Gasteiger partial charge is 0.271 e. The summed E-state index contributed by atoms with van der Waals surface area (Å²) in [5.41, 5.74) is -1.14. The van der Waals surface area contributed by atoms with E-state index in [1.807, 2.05) is 6.08 Å². The van der Waals surface area contributed by atoms with Crippen LogP contribution in [0.5, 0.6) is 0 Å². The fourth-order valence-corrected chi connectivity index (χ4v) is 7.72. The van der Waals surface area contributed by atoms with E-state index in [1.165, 1.54) is 5.57 Å². The summed E-state index contributed by atoms with van der Waals surface area (Å²) in [6.45, 7) is 9.57. The normalized spacial score (nSPS) is 30.3. The lowest BCUT2D eigenvalue weighted by molar-refractivity contribution is -0.169. The number of fused-ring (bicyclic) bond motifs is 1. The Morgan fingerprint density at radius 1 is 1.20 bits per heavy atom. The highest BCUT2D eigenvalue weighted by atomic mass is 28.4. The Bertz CT molecular complexity index is 582. The summed E-state index contributed by atoms with van der Waals surface area (Å²) < 4.78 is 60.4. The zero-order valence-electron chi connectivity index (χ0n) is 19.2. The van der Waals surface area contributed by atoms with Crippen LogP contribution in [0.15, 0.2) is 11.6 Å². The lowest BCUT2D eigenvalue weighted by atomic mass is 9.60. The van der Waals surface area contributed by atoms with Gasteiger partial charge in [-0.05, 0) is 87.8 Å². The highest BCUT2D eigenvalue weighted by molar-refractivity contribution is 6.69. The third kappa shape index (κ3) is 5.50. The Balaban J connectivity index is 2.05. The molecule has 1 unspecified atom stereocenters. The molecule has 0 bridgehead atoms. The number of hydrogen-bond donors (Lipinski definition) is 1. The van der Waals surface area contributed by atoms with Crippen molar-refractivity contribution in [3.05, 3.63) is 11.6 Å². The van der Waals surface area contributed by atoms with Crippen molar-refractivity contribution in [3.8, 4) is 0 Å². The van der Waals surface area contributed by atoms with Crippen LogP contribution in [0.3, 0.4) is 0 Å². The molecule has 2 aliphatic carbocycles. The van der Waals surface area contributed by atoms with E-state index >= 15 is 0 Å². The molecule has 30 heavy (non-hydrogen) atoms. The molecule has 0 aliphatic heterocycles. The first-order valence-corrected chi connectivity index (χ1v) is 14.8. The summed E-state index contributed by atoms with van der Waals surface area (Å²) in [5.74, 6) is 1.21. The van der Waals surface area contributed by atoms with Gasteiger partial charge in [-0.25, -0.2) is 17.6 Å². The molecule has 2 fully saturated rings. The maximum Gasteiger partial charge on any atom is 0.271 e. The molecule has 176 valence electrons. The van der Waals surface area contributed by atoms with E-state index < -0.39 is 26.8 Å². The van der Waals surface area contributed by atoms with E-state index in [1.54, 1.807) is 19.6 Å². The van der Waals surface area contributed by atoms with E-state index in [-0.39, 0.29) is 24.4 Å². The number of halogens is 4. The van der Waals surface area contributed by atoms with Crippen molar-refractivity contribution in [3.63, 3.8) is 0 Å². The zero-order chi connectivity index (χ0) is 22.7. The molecule has 7 heteroatoms. The van der Waals surface area contributed by atoms with Crippen LogP contribution in [-0.2, 0) is 4.43 Å². The molecule has 4 atom stereocenters. The first-order valence-electron chi connectivity index (χ1n) is 11.4. The average molecular weight is 453 g/mol. The minimum Gasteiger partial charge on any atom is -0.402 e. The molecule has 0 radical (unpaired) electrons. The van der Waals surface area contributed by atoms with Crippen molar-refractivity contribution in [1.29, 1.82) is 0 Å². The monoisotopic (exact) mass is 452 g/mol. The number of rotatable bonds is 10. The molecule has 2 nitrogen and oxygen atoms in total. The van der Waals surface area contributed by atoms with Crippen LogP contribution in [0.4, 0.5) is 17.6 Å². The Morgan fingerprint density at radius 3 is 2.37 bits per heavy atom. The summed E-state index contributed by atoms with van der Waals surface area (Å²) in [7, 11) is -2.56. The lowest BCUT2D eigenvalue weighted by Crippen LogP contribution is -2.53. The maximum absolute atomic E-state index is 13.7. The average Bonchev–Trinajstić information content (AvgIpc) is 2.97. The Kier molecular flexibility index (Phi) is 8.64. The van der Waals surface area contributed by atoms with Crippen LogP contribution in [-0.4, -0.2) is 38.5 Å². The second-order valence-corrected chi connectivity index (χ2v) is 15.1. The number of aliphatic hydroxyl groups excluding tert-OH is 1. The third-order valence-electron chi connectivity index (χ3n) is 7.54. The molecule has 0 spiro atoms. The molecule has 1 N–H and O–H groups in total. The van der Waals surface area contributed by atoms with Crippen LogP contribution >= 0.6 is 0 Å². The van der Waals surface area contributed by atoms with Gasteiger partial charge in [-0.2, -0.15) is 0 Å². The molecule has 0 aromatic carbocycles. The van der Waals surface area contributed by atoms with Crippen LogP contribution in [0, 0.1) is 23.2 Å². The molecule has 0 saturated heterocycles. The second kappa shape index (κ2) is 10.0. The molecular weight excluding hydrogens is 412 g/mol. The summed E-state index contributed by atoms with van der Waals surface area (Å²) >= 11 is 0. The van der Waals surface area contributed by atoms with Gasteiger partial charge < -0.3 is 9.53 Å². The topological polar surface area (TPSA) is 29.5 Å². The highest BCUT2D eigenvalue weighted by Gasteiger charge is 2.53. The molecule has 2 aliphatic rings. The largest absolute Gasteiger partial charge is 0.402 e. The standard InChI is InChI=1S/C23H40F4O2Si/c1-16(8-6-14-23(20(24)25,21(26)27)29-30(3,4)5)18-10-11-19-17(12-15-28)9-7-13-22(18,19)2/h12,16,18-21,28H,6-11,13-15H2,1-5H3/t16?,18-,19+,22-/m1/s1. The number of aliphatic hydroxyl groups is 1. The van der Waals surface area contributed by atoms with Crippen molar-refractivity contribution >= 4 is 8.32 Å². The predicted molar refractivity (Wildman–Crippen MR) is 116 cm³/mol. The van der Waals surface area contributed by atoms with Gasteiger partial charge in [0.1, 0.15) is 0 Å². The van der Waals surface area contributed by atoms with Crippen LogP contribution < -0.4 is 0 Å². The van der Waals surface area contributed by atoms with Gasteiger partial charge in [-0.15, -0.1) is 0 Å². The lowest BCUT2D eigenvalue weighted by Gasteiger charge is -2.44. The highest BCUT2D eigenvalue weighted by Crippen LogP contribution is 2.59. The molecule has 0 aromatic rings. The van der Waals surface area contributed by atoms with Gasteiger partial charge in [-0.1, -0.05) is 31.9 Å². The van der Waals surface area contributed by atoms with Crippen LogP contribution in [0.25, 0.3) is 0 Å². The summed E-state index contributed by atoms with van der Waals surface area (Å²) in [6, 6.07) is 0. The number of hydrogen-bond acceptors (Lipinski definition) is 2. The van der Waals surface area contributed by atoms with Crippen molar-refractivity contribution in [1.82, 2.24) is 0 Å². The summed E-state index contributed by atoms with van der Waals surface area (Å²) in [6.07, 6.45) is 1.68. The maximum atomic E-state index is 13.7. The Labute approximate surface area is 180 Å². The van der Waals surface area contributed by atoms with E-state index in [2.05, 4.69) is 13.8 Å². The minimum absolute atomic E-state index is 0.0720. The number of allylic oxidation sites excluding steroid dienone is 1. The second-order valence-electron chi connectivity index (χ2n) is 10.7. The molecule has 0 heterocycles. The Hall–Kier alpha value is -0.403. The third-order valence-corrected chi connectivity index (χ3v) is 8.53. The van der Waals surface area contributed by atoms with E-state index in [0.717, 1.165) is 32.1 Å². The van der Waals surface area contributed by atoms with E-state index in [4.69, 9.17) is 4.43 Å². The first kappa shape index (κ1) is 25.9. The summed E-state index contributed by atoms with van der Waals surface area (Å²) in [4.78, 5) is 0. The van der Waals surface area contributed by atoms with Gasteiger partial charge in [0.15, 0.2) is 13.9 Å². The van der Waals surface area contributed by atoms with E-state index in [9.17, 15) is 22.7 Å². The molecule has 0 amide bonds. The molecular formula is C23H40F4O2Si. The van der Waals surface area contributed by atoms with Crippen molar-refractivity contribution in [2.24, 2.45) is 23.2 Å². The summed E-state index contributed by atoms with van der Waals surface area (Å²) in [5, 5.41) is 9.35. The molecule has 0 aromatic heterocycles. The van der Waals surface area contributed by atoms with Crippen molar-refractivity contribution < 1.29 is 27.1 Å². The first-order chi connectivity index (χ1) is 13.9. The van der Waals surface area contributed by atoms with Gasteiger partial charge >= 0.3 is 0 Å². The van der Waals surface area contributed by atoms with Gasteiger partial charge in [-0.3, -0.25) is 0 Å². The predicted octanol–water partition coefficient (Wildman–Crippen LogP) is 7.05. The quantitative estimate of drug-likeness (QED) is 0.219. The van der Waals surface area contributed by atoms with E-state index in [0.29, 0.717) is 24.7 Å². The van der Waals surface area contributed by atoms with Gasteiger partial charge in [0.25, 0.3) is 12.9 Å². The fourth-order valence-electron chi connectivity index (χ4n) is 6.30. The molecule has 2 rings (SSSR count). The van der Waals surface area contributed by atoms with Crippen molar-refractivity contribution in [2.45, 2.75) is 103 Å².